The molecular formula is C9H16O2S2. The van der Waals surface area contributed by atoms with E-state index in [1.807, 2.05) is 13.8 Å². The minimum absolute atomic E-state index is 0.146. The summed E-state index contributed by atoms with van der Waals surface area (Å²) in [5.41, 5.74) is 0. The molecule has 13 heavy (non-hydrogen) atoms. The molecule has 0 fully saturated rings. The number of thioether (sulfide) groups is 2. The zero-order chi connectivity index (χ0) is 10.4. The van der Waals surface area contributed by atoms with Crippen molar-refractivity contribution in [2.75, 3.05) is 0 Å². The summed E-state index contributed by atoms with van der Waals surface area (Å²) >= 11 is 2.69. The van der Waals surface area contributed by atoms with E-state index in [9.17, 15) is 9.59 Å². The van der Waals surface area contributed by atoms with Gasteiger partial charge in [0.2, 0.25) is 0 Å². The summed E-state index contributed by atoms with van der Waals surface area (Å²) < 4.78 is 0. The predicted molar refractivity (Wildman–Crippen MR) is 60.1 cm³/mol. The molecule has 4 heteroatoms. The second-order valence-corrected chi connectivity index (χ2v) is 6.31. The van der Waals surface area contributed by atoms with Gasteiger partial charge in [-0.05, 0) is 6.42 Å². The van der Waals surface area contributed by atoms with Crippen molar-refractivity contribution in [3.05, 3.63) is 0 Å². The largest absolute Gasteiger partial charge is 0.288 e. The zero-order valence-electron chi connectivity index (χ0n) is 8.49. The van der Waals surface area contributed by atoms with Crippen LogP contribution in [0.1, 0.15) is 34.1 Å². The second-order valence-electron chi connectivity index (χ2n) is 3.08. The predicted octanol–water partition coefficient (Wildman–Crippen LogP) is 2.71. The Labute approximate surface area is 88.2 Å². The Morgan fingerprint density at radius 3 is 1.54 bits per heavy atom. The van der Waals surface area contributed by atoms with E-state index in [0.29, 0.717) is 10.5 Å². The highest BCUT2D eigenvalue weighted by Crippen LogP contribution is 2.23. The van der Waals surface area contributed by atoms with Gasteiger partial charge in [0.15, 0.2) is 10.2 Å². The summed E-state index contributed by atoms with van der Waals surface area (Å²) in [6, 6.07) is 0. The van der Waals surface area contributed by atoms with Gasteiger partial charge in [0.05, 0.1) is 0 Å². The first-order chi connectivity index (χ1) is 5.91. The first-order valence-electron chi connectivity index (χ1n) is 4.26. The molecule has 0 aliphatic heterocycles. The number of hydrogen-bond donors (Lipinski definition) is 0. The fraction of sp³-hybridized carbons (Fsp3) is 0.778. The lowest BCUT2D eigenvalue weighted by Gasteiger charge is -2.13. The molecule has 0 heterocycles. The van der Waals surface area contributed by atoms with Crippen molar-refractivity contribution in [2.24, 2.45) is 0 Å². The van der Waals surface area contributed by atoms with Crippen molar-refractivity contribution in [1.82, 2.24) is 0 Å². The Bertz CT molecular complexity index is 172. The Morgan fingerprint density at radius 1 is 1.00 bits per heavy atom. The van der Waals surface area contributed by atoms with Gasteiger partial charge in [-0.15, -0.1) is 0 Å². The number of rotatable bonds is 4. The van der Waals surface area contributed by atoms with Crippen LogP contribution in [0, 0.1) is 0 Å². The van der Waals surface area contributed by atoms with Gasteiger partial charge in [-0.2, -0.15) is 0 Å². The molecule has 0 unspecified atom stereocenters. The third-order valence-corrected chi connectivity index (χ3v) is 3.25. The average molecular weight is 220 g/mol. The van der Waals surface area contributed by atoms with Gasteiger partial charge in [0.1, 0.15) is 0 Å². The van der Waals surface area contributed by atoms with Gasteiger partial charge in [-0.1, -0.05) is 37.4 Å². The maximum absolute atomic E-state index is 10.7. The lowest BCUT2D eigenvalue weighted by molar-refractivity contribution is -0.109. The maximum atomic E-state index is 10.7. The van der Waals surface area contributed by atoms with Gasteiger partial charge in [0, 0.05) is 24.3 Å². The molecule has 0 radical (unpaired) electrons. The van der Waals surface area contributed by atoms with E-state index in [2.05, 4.69) is 0 Å². The molecule has 0 aliphatic rings. The van der Waals surface area contributed by atoms with Crippen molar-refractivity contribution in [2.45, 2.75) is 44.6 Å². The van der Waals surface area contributed by atoms with Crippen LogP contribution in [-0.4, -0.2) is 20.7 Å². The smallest absolute Gasteiger partial charge is 0.186 e. The molecule has 0 N–H and O–H groups in total. The average Bonchev–Trinajstić information content (AvgIpc) is 1.80. The van der Waals surface area contributed by atoms with Crippen LogP contribution in [0.25, 0.3) is 0 Å². The fourth-order valence-electron chi connectivity index (χ4n) is 1.13. The highest BCUT2D eigenvalue weighted by atomic mass is 32.2. The van der Waals surface area contributed by atoms with Crippen molar-refractivity contribution in [3.8, 4) is 0 Å². The summed E-state index contributed by atoms with van der Waals surface area (Å²) in [6.07, 6.45) is 0.897. The zero-order valence-corrected chi connectivity index (χ0v) is 10.1. The second kappa shape index (κ2) is 6.49. The van der Waals surface area contributed by atoms with E-state index >= 15 is 0 Å². The molecule has 0 saturated carbocycles. The van der Waals surface area contributed by atoms with Crippen LogP contribution in [0.15, 0.2) is 0 Å². The van der Waals surface area contributed by atoms with E-state index in [-0.39, 0.29) is 10.2 Å². The van der Waals surface area contributed by atoms with Gasteiger partial charge < -0.3 is 0 Å². The SMILES string of the molecule is CC(=O)S[C@H](C)C[C@H](C)SC(C)=O. The third kappa shape index (κ3) is 8.37. The van der Waals surface area contributed by atoms with E-state index in [1.165, 1.54) is 23.5 Å². The van der Waals surface area contributed by atoms with Gasteiger partial charge in [-0.25, -0.2) is 0 Å². The maximum Gasteiger partial charge on any atom is 0.186 e. The minimum atomic E-state index is 0.146. The van der Waals surface area contributed by atoms with E-state index in [4.69, 9.17) is 0 Å². The third-order valence-electron chi connectivity index (χ3n) is 1.40. The van der Waals surface area contributed by atoms with Crippen LogP contribution >= 0.6 is 23.5 Å². The van der Waals surface area contributed by atoms with Crippen molar-refractivity contribution in [1.29, 1.82) is 0 Å². The molecule has 0 saturated heterocycles. The van der Waals surface area contributed by atoms with Crippen molar-refractivity contribution in [3.63, 3.8) is 0 Å². The first-order valence-corrected chi connectivity index (χ1v) is 6.02. The molecule has 0 bridgehead atoms. The molecule has 0 rings (SSSR count). The Morgan fingerprint density at radius 2 is 1.31 bits per heavy atom. The normalized spacial score (nSPS) is 15.1. The summed E-state index contributed by atoms with van der Waals surface area (Å²) in [5, 5.41) is 0.902. The Kier molecular flexibility index (Phi) is 6.51. The van der Waals surface area contributed by atoms with E-state index in [0.717, 1.165) is 6.42 Å². The topological polar surface area (TPSA) is 34.1 Å². The molecule has 0 spiro atoms. The van der Waals surface area contributed by atoms with Crippen LogP contribution in [-0.2, 0) is 9.59 Å². The molecule has 0 aromatic carbocycles. The van der Waals surface area contributed by atoms with Crippen LogP contribution in [0.2, 0.25) is 0 Å². The summed E-state index contributed by atoms with van der Waals surface area (Å²) in [7, 11) is 0. The molecule has 2 atom stereocenters. The molecule has 76 valence electrons. The van der Waals surface area contributed by atoms with Crippen molar-refractivity contribution >= 4 is 33.8 Å². The lowest BCUT2D eigenvalue weighted by Crippen LogP contribution is -2.09. The fourth-order valence-corrected chi connectivity index (χ4v) is 3.16. The quantitative estimate of drug-likeness (QED) is 0.729. The first kappa shape index (κ1) is 13.0. The standard InChI is InChI=1S/C9H16O2S2/c1-6(12-8(3)10)5-7(2)13-9(4)11/h6-7H,5H2,1-4H3/t6-,7+. The van der Waals surface area contributed by atoms with Crippen LogP contribution in [0.4, 0.5) is 0 Å². The number of carbonyl (C=O) groups excluding carboxylic acids is 2. The molecule has 0 aromatic heterocycles. The Balaban J connectivity index is 3.70. The molecule has 0 aromatic rings. The van der Waals surface area contributed by atoms with E-state index < -0.39 is 0 Å². The molecule has 0 aliphatic carbocycles. The number of carbonyl (C=O) groups is 2. The van der Waals surface area contributed by atoms with Crippen LogP contribution in [0.3, 0.4) is 0 Å². The summed E-state index contributed by atoms with van der Waals surface area (Å²) in [4.78, 5) is 21.5. The molecule has 0 amide bonds. The monoisotopic (exact) mass is 220 g/mol. The van der Waals surface area contributed by atoms with Crippen molar-refractivity contribution < 1.29 is 9.59 Å². The van der Waals surface area contributed by atoms with Crippen LogP contribution in [0.5, 0.6) is 0 Å². The number of hydrogen-bond acceptors (Lipinski definition) is 4. The van der Waals surface area contributed by atoms with Crippen LogP contribution < -0.4 is 0 Å². The molecular weight excluding hydrogens is 204 g/mol. The summed E-state index contributed by atoms with van der Waals surface area (Å²) in [5.74, 6) is 0. The van der Waals surface area contributed by atoms with Gasteiger partial charge in [-0.3, -0.25) is 9.59 Å². The molecule has 2 nitrogen and oxygen atoms in total. The van der Waals surface area contributed by atoms with Gasteiger partial charge >= 0.3 is 0 Å². The summed E-state index contributed by atoms with van der Waals surface area (Å²) in [6.45, 7) is 7.18. The van der Waals surface area contributed by atoms with E-state index in [1.54, 1.807) is 13.8 Å². The minimum Gasteiger partial charge on any atom is -0.288 e. The highest BCUT2D eigenvalue weighted by molar-refractivity contribution is 8.14. The Hall–Kier alpha value is 0.0400. The lowest BCUT2D eigenvalue weighted by atomic mass is 10.3. The highest BCUT2D eigenvalue weighted by Gasteiger charge is 2.12. The van der Waals surface area contributed by atoms with Gasteiger partial charge in [0.25, 0.3) is 0 Å².